The van der Waals surface area contributed by atoms with Crippen molar-refractivity contribution in [3.05, 3.63) is 28.7 Å². The van der Waals surface area contributed by atoms with Gasteiger partial charge in [-0.15, -0.1) is 0 Å². The van der Waals surface area contributed by atoms with Gasteiger partial charge >= 0.3 is 0 Å². The molecule has 0 fully saturated rings. The van der Waals surface area contributed by atoms with Crippen LogP contribution in [0.5, 0.6) is 0 Å². The van der Waals surface area contributed by atoms with Gasteiger partial charge in [0.05, 0.1) is 12.6 Å². The van der Waals surface area contributed by atoms with Crippen molar-refractivity contribution in [1.82, 2.24) is 5.32 Å². The van der Waals surface area contributed by atoms with Gasteiger partial charge in [-0.25, -0.2) is 0 Å². The third kappa shape index (κ3) is 4.56. The second kappa shape index (κ2) is 6.58. The maximum absolute atomic E-state index is 11.8. The Hall–Kier alpha value is -1.54. The van der Waals surface area contributed by atoms with Gasteiger partial charge in [0.15, 0.2) is 0 Å². The number of benzene rings is 1. The van der Waals surface area contributed by atoms with Crippen molar-refractivity contribution in [2.45, 2.75) is 26.3 Å². The molecular formula is C14H18BrN3O. The van der Waals surface area contributed by atoms with E-state index >= 15 is 0 Å². The molecule has 102 valence electrons. The molecule has 0 bridgehead atoms. The molecule has 0 aliphatic heterocycles. The molecule has 19 heavy (non-hydrogen) atoms. The van der Waals surface area contributed by atoms with E-state index in [0.29, 0.717) is 0 Å². The number of amides is 1. The van der Waals surface area contributed by atoms with Crippen LogP contribution in [0.25, 0.3) is 0 Å². The summed E-state index contributed by atoms with van der Waals surface area (Å²) in [5, 5.41) is 14.9. The predicted molar refractivity (Wildman–Crippen MR) is 79.6 cm³/mol. The van der Waals surface area contributed by atoms with Crippen LogP contribution in [0.4, 0.5) is 5.69 Å². The Morgan fingerprint density at radius 1 is 1.53 bits per heavy atom. The Kier molecular flexibility index (Phi) is 5.37. The maximum Gasteiger partial charge on any atom is 0.240 e. The van der Waals surface area contributed by atoms with Gasteiger partial charge in [0.1, 0.15) is 5.54 Å². The minimum Gasteiger partial charge on any atom is -0.376 e. The smallest absolute Gasteiger partial charge is 0.240 e. The fourth-order valence-corrected chi connectivity index (χ4v) is 1.82. The van der Waals surface area contributed by atoms with Crippen LogP contribution in [0, 0.1) is 17.2 Å². The lowest BCUT2D eigenvalue weighted by Gasteiger charge is -2.27. The molecule has 0 heterocycles. The lowest BCUT2D eigenvalue weighted by molar-refractivity contribution is -0.121. The molecule has 0 aromatic heterocycles. The summed E-state index contributed by atoms with van der Waals surface area (Å²) in [6, 6.07) is 9.72. The van der Waals surface area contributed by atoms with Gasteiger partial charge in [-0.1, -0.05) is 35.8 Å². The van der Waals surface area contributed by atoms with E-state index in [1.54, 1.807) is 6.92 Å². The zero-order valence-corrected chi connectivity index (χ0v) is 12.9. The second-order valence-electron chi connectivity index (χ2n) is 4.88. The average molecular weight is 324 g/mol. The third-order valence-electron chi connectivity index (χ3n) is 3.06. The highest BCUT2D eigenvalue weighted by Gasteiger charge is 2.29. The van der Waals surface area contributed by atoms with Crippen molar-refractivity contribution in [2.24, 2.45) is 5.92 Å². The van der Waals surface area contributed by atoms with Gasteiger partial charge < -0.3 is 10.6 Å². The van der Waals surface area contributed by atoms with Crippen LogP contribution >= 0.6 is 15.9 Å². The van der Waals surface area contributed by atoms with E-state index in [0.717, 1.165) is 10.2 Å². The number of hydrogen-bond acceptors (Lipinski definition) is 3. The Labute approximate surface area is 122 Å². The molecule has 0 aliphatic carbocycles. The Bertz CT molecular complexity index is 496. The Morgan fingerprint density at radius 2 is 2.21 bits per heavy atom. The number of halogens is 1. The number of hydrogen-bond donors (Lipinski definition) is 2. The summed E-state index contributed by atoms with van der Waals surface area (Å²) in [7, 11) is 0. The molecule has 5 heteroatoms. The van der Waals surface area contributed by atoms with E-state index in [-0.39, 0.29) is 18.4 Å². The number of nitrogens with one attached hydrogen (secondary N) is 2. The van der Waals surface area contributed by atoms with Crippen LogP contribution in [-0.2, 0) is 4.79 Å². The third-order valence-corrected chi connectivity index (χ3v) is 3.56. The normalized spacial score (nSPS) is 13.5. The minimum atomic E-state index is -0.837. The molecular weight excluding hydrogens is 306 g/mol. The van der Waals surface area contributed by atoms with Gasteiger partial charge in [-0.05, 0) is 31.0 Å². The molecule has 1 atom stereocenters. The van der Waals surface area contributed by atoms with Gasteiger partial charge in [-0.3, -0.25) is 4.79 Å². The molecule has 0 radical (unpaired) electrons. The topological polar surface area (TPSA) is 64.9 Å². The monoisotopic (exact) mass is 323 g/mol. The summed E-state index contributed by atoms with van der Waals surface area (Å²) in [6.45, 7) is 5.69. The number of carbonyl (C=O) groups excluding carboxylic acids is 1. The first-order chi connectivity index (χ1) is 8.87. The van der Waals surface area contributed by atoms with Gasteiger partial charge in [-0.2, -0.15) is 5.26 Å². The maximum atomic E-state index is 11.8. The van der Waals surface area contributed by atoms with E-state index in [1.165, 1.54) is 0 Å². The summed E-state index contributed by atoms with van der Waals surface area (Å²) in [4.78, 5) is 11.8. The average Bonchev–Trinajstić information content (AvgIpc) is 2.36. The minimum absolute atomic E-state index is 0.0484. The summed E-state index contributed by atoms with van der Waals surface area (Å²) < 4.78 is 0.946. The van der Waals surface area contributed by atoms with Crippen LogP contribution in [0.1, 0.15) is 20.8 Å². The fourth-order valence-electron chi connectivity index (χ4n) is 1.42. The van der Waals surface area contributed by atoms with E-state index in [1.807, 2.05) is 38.1 Å². The number of nitriles is 1. The van der Waals surface area contributed by atoms with Crippen molar-refractivity contribution in [1.29, 1.82) is 5.26 Å². The van der Waals surface area contributed by atoms with Crippen LogP contribution in [0.2, 0.25) is 0 Å². The highest BCUT2D eigenvalue weighted by atomic mass is 79.9. The van der Waals surface area contributed by atoms with Crippen molar-refractivity contribution in [3.8, 4) is 6.07 Å². The van der Waals surface area contributed by atoms with Crippen LogP contribution in [-0.4, -0.2) is 18.0 Å². The second-order valence-corrected chi connectivity index (χ2v) is 5.80. The van der Waals surface area contributed by atoms with Gasteiger partial charge in [0, 0.05) is 10.2 Å². The lowest BCUT2D eigenvalue weighted by atomic mass is 9.90. The lowest BCUT2D eigenvalue weighted by Crippen LogP contribution is -2.50. The number of rotatable bonds is 5. The van der Waals surface area contributed by atoms with Crippen molar-refractivity contribution < 1.29 is 4.79 Å². The standard InChI is InChI=1S/C14H18BrN3O/c1-10(2)14(3,9-16)18-13(19)8-17-12-6-4-5-11(15)7-12/h4-7,10,17H,8H2,1-3H3,(H,18,19). The van der Waals surface area contributed by atoms with Crippen LogP contribution < -0.4 is 10.6 Å². The number of carbonyl (C=O) groups is 1. The molecule has 0 spiro atoms. The summed E-state index contributed by atoms with van der Waals surface area (Å²) in [5.74, 6) is -0.148. The van der Waals surface area contributed by atoms with E-state index in [4.69, 9.17) is 5.26 Å². The first-order valence-electron chi connectivity index (χ1n) is 6.09. The summed E-state index contributed by atoms with van der Waals surface area (Å²) in [6.07, 6.45) is 0. The van der Waals surface area contributed by atoms with Crippen molar-refractivity contribution in [3.63, 3.8) is 0 Å². The molecule has 1 rings (SSSR count). The molecule has 2 N–H and O–H groups in total. The predicted octanol–water partition coefficient (Wildman–Crippen LogP) is 2.92. The largest absolute Gasteiger partial charge is 0.376 e. The molecule has 0 saturated carbocycles. The number of nitrogens with zero attached hydrogens (tertiary/aromatic N) is 1. The summed E-state index contributed by atoms with van der Waals surface area (Å²) >= 11 is 3.36. The SMILES string of the molecule is CC(C)C(C)(C#N)NC(=O)CNc1cccc(Br)c1. The van der Waals surface area contributed by atoms with Gasteiger partial charge in [0.25, 0.3) is 0 Å². The van der Waals surface area contributed by atoms with Crippen LogP contribution in [0.3, 0.4) is 0 Å². The van der Waals surface area contributed by atoms with Crippen LogP contribution in [0.15, 0.2) is 28.7 Å². The molecule has 1 aromatic rings. The van der Waals surface area contributed by atoms with Gasteiger partial charge in [0.2, 0.25) is 5.91 Å². The summed E-state index contributed by atoms with van der Waals surface area (Å²) in [5.41, 5.74) is 0.0171. The quantitative estimate of drug-likeness (QED) is 0.875. The Morgan fingerprint density at radius 3 is 2.74 bits per heavy atom. The highest BCUT2D eigenvalue weighted by molar-refractivity contribution is 9.10. The van der Waals surface area contributed by atoms with E-state index in [9.17, 15) is 4.79 Å². The molecule has 0 aliphatic rings. The zero-order valence-electron chi connectivity index (χ0n) is 11.3. The molecule has 0 saturated heterocycles. The first-order valence-corrected chi connectivity index (χ1v) is 6.88. The first kappa shape index (κ1) is 15.5. The molecule has 1 aromatic carbocycles. The number of anilines is 1. The van der Waals surface area contributed by atoms with E-state index < -0.39 is 5.54 Å². The molecule has 1 unspecified atom stereocenters. The highest BCUT2D eigenvalue weighted by Crippen LogP contribution is 2.16. The van der Waals surface area contributed by atoms with Crippen molar-refractivity contribution in [2.75, 3.05) is 11.9 Å². The van der Waals surface area contributed by atoms with E-state index in [2.05, 4.69) is 32.6 Å². The molecule has 4 nitrogen and oxygen atoms in total. The zero-order chi connectivity index (χ0) is 14.5. The fraction of sp³-hybridized carbons (Fsp3) is 0.429. The Balaban J connectivity index is 2.55. The molecule has 1 amide bonds. The van der Waals surface area contributed by atoms with Crippen molar-refractivity contribution >= 4 is 27.5 Å².